The topological polar surface area (TPSA) is 55.4 Å². The van der Waals surface area contributed by atoms with Gasteiger partial charge < -0.3 is 10.1 Å². The summed E-state index contributed by atoms with van der Waals surface area (Å²) in [6.07, 6.45) is 6.29. The van der Waals surface area contributed by atoms with E-state index in [1.807, 2.05) is 32.0 Å². The zero-order chi connectivity index (χ0) is 18.5. The van der Waals surface area contributed by atoms with Crippen LogP contribution in [0.2, 0.25) is 0 Å². The van der Waals surface area contributed by atoms with Gasteiger partial charge in [0.25, 0.3) is 5.91 Å². The van der Waals surface area contributed by atoms with E-state index in [4.69, 9.17) is 4.74 Å². The molecule has 1 aromatic carbocycles. The second kappa shape index (κ2) is 6.36. The number of nitrogens with one attached hydrogen (secondary N) is 1. The Hall–Kier alpha value is -1.36. The number of benzene rings is 1. The van der Waals surface area contributed by atoms with Crippen molar-refractivity contribution in [1.29, 1.82) is 0 Å². The van der Waals surface area contributed by atoms with E-state index < -0.39 is 0 Å². The van der Waals surface area contributed by atoms with E-state index in [-0.39, 0.29) is 28.2 Å². The lowest BCUT2D eigenvalue weighted by Crippen LogP contribution is -2.56. The Kier molecular flexibility index (Phi) is 4.41. The zero-order valence-corrected chi connectivity index (χ0v) is 17.0. The highest BCUT2D eigenvalue weighted by Gasteiger charge is 2.60. The van der Waals surface area contributed by atoms with Gasteiger partial charge in [0, 0.05) is 10.0 Å². The van der Waals surface area contributed by atoms with Gasteiger partial charge in [-0.05, 0) is 75.3 Å². The number of carbonyl (C=O) groups excluding carboxylic acids is 2. The normalized spacial score (nSPS) is 34.6. The first-order valence-corrected chi connectivity index (χ1v) is 10.3. The first-order chi connectivity index (χ1) is 12.3. The summed E-state index contributed by atoms with van der Waals surface area (Å²) in [6, 6.07) is 5.88. The van der Waals surface area contributed by atoms with E-state index in [1.54, 1.807) is 0 Å². The lowest BCUT2D eigenvalue weighted by atomic mass is 9.49. The summed E-state index contributed by atoms with van der Waals surface area (Å²) in [6.45, 7) is 3.71. The van der Waals surface area contributed by atoms with Crippen molar-refractivity contribution >= 4 is 33.5 Å². The van der Waals surface area contributed by atoms with E-state index in [0.717, 1.165) is 36.1 Å². The molecule has 0 saturated heterocycles. The van der Waals surface area contributed by atoms with Gasteiger partial charge in [-0.1, -0.05) is 34.1 Å². The van der Waals surface area contributed by atoms with Crippen molar-refractivity contribution in [1.82, 2.24) is 0 Å². The largest absolute Gasteiger partial charge is 0.455 e. The summed E-state index contributed by atoms with van der Waals surface area (Å²) in [5.41, 5.74) is 2.44. The van der Waals surface area contributed by atoms with Crippen LogP contribution in [0.1, 0.15) is 49.7 Å². The molecule has 5 heteroatoms. The zero-order valence-electron chi connectivity index (χ0n) is 15.4. The number of para-hydroxylation sites is 1. The number of alkyl halides is 1. The maximum atomic E-state index is 12.9. The van der Waals surface area contributed by atoms with Crippen molar-refractivity contribution < 1.29 is 14.3 Å². The molecular weight excluding hydrogens is 394 g/mol. The first kappa shape index (κ1) is 18.0. The molecule has 4 bridgehead atoms. The highest BCUT2D eigenvalue weighted by atomic mass is 79.9. The molecule has 4 atom stereocenters. The SMILES string of the molecule is Cc1cccc(C)c1NC(=O)COC(=O)C12C[C@@H]3C[C@@H](CC(Br)(C3)C1)C2. The number of amides is 1. The van der Waals surface area contributed by atoms with Crippen LogP contribution >= 0.6 is 15.9 Å². The number of esters is 1. The van der Waals surface area contributed by atoms with E-state index in [1.165, 1.54) is 19.3 Å². The number of ether oxygens (including phenoxy) is 1. The Morgan fingerprint density at radius 3 is 2.35 bits per heavy atom. The molecule has 0 aliphatic heterocycles. The average Bonchev–Trinajstić information content (AvgIpc) is 2.54. The molecule has 2 unspecified atom stereocenters. The molecule has 4 saturated carbocycles. The van der Waals surface area contributed by atoms with Crippen molar-refractivity contribution in [3.63, 3.8) is 0 Å². The quantitative estimate of drug-likeness (QED) is 0.576. The first-order valence-electron chi connectivity index (χ1n) is 9.51. The molecule has 26 heavy (non-hydrogen) atoms. The molecule has 0 aromatic heterocycles. The highest BCUT2D eigenvalue weighted by Crippen LogP contribution is 2.64. The molecule has 1 N–H and O–H groups in total. The Morgan fingerprint density at radius 2 is 1.77 bits per heavy atom. The van der Waals surface area contributed by atoms with Gasteiger partial charge >= 0.3 is 5.97 Å². The van der Waals surface area contributed by atoms with Crippen LogP contribution in [0.15, 0.2) is 18.2 Å². The van der Waals surface area contributed by atoms with E-state index in [2.05, 4.69) is 21.2 Å². The fourth-order valence-electron chi connectivity index (χ4n) is 5.86. The van der Waals surface area contributed by atoms with Crippen LogP contribution in [0.3, 0.4) is 0 Å². The Labute approximate surface area is 163 Å². The minimum absolute atomic E-state index is 0.108. The molecule has 4 aliphatic carbocycles. The molecule has 1 amide bonds. The third kappa shape index (κ3) is 3.19. The van der Waals surface area contributed by atoms with Gasteiger partial charge in [-0.3, -0.25) is 9.59 Å². The van der Waals surface area contributed by atoms with Gasteiger partial charge in [0.15, 0.2) is 6.61 Å². The van der Waals surface area contributed by atoms with Gasteiger partial charge in [-0.25, -0.2) is 0 Å². The molecule has 140 valence electrons. The molecule has 0 heterocycles. The minimum Gasteiger partial charge on any atom is -0.455 e. The Morgan fingerprint density at radius 1 is 1.15 bits per heavy atom. The van der Waals surface area contributed by atoms with Crippen molar-refractivity contribution in [3.05, 3.63) is 29.3 Å². The number of rotatable bonds is 4. The van der Waals surface area contributed by atoms with Crippen molar-refractivity contribution in [3.8, 4) is 0 Å². The lowest BCUT2D eigenvalue weighted by molar-refractivity contribution is -0.170. The molecule has 4 fully saturated rings. The van der Waals surface area contributed by atoms with Crippen LogP contribution in [-0.2, 0) is 14.3 Å². The fourth-order valence-corrected chi connectivity index (χ4v) is 7.31. The van der Waals surface area contributed by atoms with Gasteiger partial charge in [0.2, 0.25) is 0 Å². The second-order valence-corrected chi connectivity index (χ2v) is 10.5. The van der Waals surface area contributed by atoms with E-state index in [9.17, 15) is 9.59 Å². The number of aryl methyl sites for hydroxylation is 2. The molecule has 4 aliphatic rings. The number of hydrogen-bond acceptors (Lipinski definition) is 3. The Balaban J connectivity index is 1.39. The highest BCUT2D eigenvalue weighted by molar-refractivity contribution is 9.10. The van der Waals surface area contributed by atoms with E-state index >= 15 is 0 Å². The van der Waals surface area contributed by atoms with E-state index in [0.29, 0.717) is 11.8 Å². The fraction of sp³-hybridized carbons (Fsp3) is 0.619. The summed E-state index contributed by atoms with van der Waals surface area (Å²) >= 11 is 3.91. The van der Waals surface area contributed by atoms with Crippen molar-refractivity contribution in [2.24, 2.45) is 17.3 Å². The number of carbonyl (C=O) groups is 2. The number of hydrogen-bond donors (Lipinski definition) is 1. The Bertz CT molecular complexity index is 725. The van der Waals surface area contributed by atoms with Crippen LogP contribution in [-0.4, -0.2) is 22.8 Å². The molecule has 0 spiro atoms. The van der Waals surface area contributed by atoms with Gasteiger partial charge in [-0.2, -0.15) is 0 Å². The van der Waals surface area contributed by atoms with Gasteiger partial charge in [0.05, 0.1) is 5.41 Å². The summed E-state index contributed by atoms with van der Waals surface area (Å²) in [4.78, 5) is 25.2. The van der Waals surface area contributed by atoms with Gasteiger partial charge in [-0.15, -0.1) is 0 Å². The molecule has 4 nitrogen and oxygen atoms in total. The maximum absolute atomic E-state index is 12.9. The minimum atomic E-state index is -0.382. The average molecular weight is 420 g/mol. The maximum Gasteiger partial charge on any atom is 0.312 e. The molecule has 5 rings (SSSR count). The predicted molar refractivity (Wildman–Crippen MR) is 104 cm³/mol. The van der Waals surface area contributed by atoms with Crippen LogP contribution in [0, 0.1) is 31.1 Å². The summed E-state index contributed by atoms with van der Waals surface area (Å²) in [5.74, 6) is 0.791. The third-order valence-corrected chi connectivity index (χ3v) is 7.43. The third-order valence-electron chi connectivity index (χ3n) is 6.50. The molecule has 0 radical (unpaired) electrons. The van der Waals surface area contributed by atoms with Crippen LogP contribution in [0.5, 0.6) is 0 Å². The number of anilines is 1. The second-order valence-electron chi connectivity index (χ2n) is 8.78. The van der Waals surface area contributed by atoms with Crippen molar-refractivity contribution in [2.75, 3.05) is 11.9 Å². The smallest absolute Gasteiger partial charge is 0.312 e. The standard InChI is InChI=1S/C21H26BrNO3/c1-13-4-3-5-14(2)18(13)23-17(24)11-26-19(25)20-7-15-6-16(8-20)10-21(22,9-15)12-20/h3-5,15-16H,6-12H2,1-2H3,(H,23,24)/t15-,16+,20?,21?. The lowest BCUT2D eigenvalue weighted by Gasteiger charge is -2.58. The summed E-state index contributed by atoms with van der Waals surface area (Å²) < 4.78 is 5.62. The predicted octanol–water partition coefficient (Wildman–Crippen LogP) is 4.52. The number of halogens is 1. The van der Waals surface area contributed by atoms with Crippen molar-refractivity contribution in [2.45, 2.75) is 56.7 Å². The monoisotopic (exact) mass is 419 g/mol. The molecule has 1 aromatic rings. The van der Waals surface area contributed by atoms with Crippen LogP contribution in [0.25, 0.3) is 0 Å². The van der Waals surface area contributed by atoms with Crippen LogP contribution < -0.4 is 5.32 Å². The molecular formula is C21H26BrNO3. The summed E-state index contributed by atoms with van der Waals surface area (Å²) in [7, 11) is 0. The van der Waals surface area contributed by atoms with Crippen LogP contribution in [0.4, 0.5) is 5.69 Å². The summed E-state index contributed by atoms with van der Waals surface area (Å²) in [5, 5.41) is 2.89. The van der Waals surface area contributed by atoms with Gasteiger partial charge in [0.1, 0.15) is 0 Å².